The van der Waals surface area contributed by atoms with Crippen molar-refractivity contribution in [2.45, 2.75) is 138 Å². The zero-order valence-electron chi connectivity index (χ0n) is 35.3. The minimum atomic E-state index is -4.64. The number of rotatable bonds is 19. The highest BCUT2D eigenvalue weighted by molar-refractivity contribution is 6.32. The van der Waals surface area contributed by atoms with Crippen LogP contribution >= 0.6 is 11.6 Å². The van der Waals surface area contributed by atoms with E-state index >= 15 is 0 Å². The summed E-state index contributed by atoms with van der Waals surface area (Å²) in [5.74, 6) is 1.74. The van der Waals surface area contributed by atoms with Gasteiger partial charge in [-0.3, -0.25) is 10.1 Å². The van der Waals surface area contributed by atoms with E-state index in [1.54, 1.807) is 0 Å². The summed E-state index contributed by atoms with van der Waals surface area (Å²) >= 11 is 5.97. The molecule has 4 rings (SSSR count). The van der Waals surface area contributed by atoms with Crippen LogP contribution in [0.1, 0.15) is 137 Å². The van der Waals surface area contributed by atoms with Crippen molar-refractivity contribution in [3.63, 3.8) is 0 Å². The average Bonchev–Trinajstić information content (AvgIpc) is 3.15. The van der Waals surface area contributed by atoms with Gasteiger partial charge in [0.25, 0.3) is 5.69 Å². The number of nitro groups is 1. The normalized spacial score (nSPS) is 16.2. The Morgan fingerprint density at radius 3 is 2.15 bits per heavy atom. The van der Waals surface area contributed by atoms with E-state index in [0.717, 1.165) is 96.7 Å². The number of esters is 1. The first-order valence-electron chi connectivity index (χ1n) is 20.4. The van der Waals surface area contributed by atoms with Crippen molar-refractivity contribution in [1.29, 1.82) is 0 Å². The van der Waals surface area contributed by atoms with Crippen molar-refractivity contribution in [2.75, 3.05) is 6.79 Å². The first kappa shape index (κ1) is 47.2. The third-order valence-electron chi connectivity index (χ3n) is 11.3. The van der Waals surface area contributed by atoms with Crippen LogP contribution in [0.5, 0.6) is 23.0 Å². The van der Waals surface area contributed by atoms with E-state index < -0.39 is 46.8 Å². The maximum absolute atomic E-state index is 13.0. The van der Waals surface area contributed by atoms with Crippen LogP contribution in [0, 0.1) is 48.6 Å². The molecule has 3 aromatic rings. The molecule has 3 atom stereocenters. The topological polar surface area (TPSA) is 123 Å². The van der Waals surface area contributed by atoms with Gasteiger partial charge in [-0.25, -0.2) is 9.59 Å². The average molecular weight is 848 g/mol. The fourth-order valence-corrected chi connectivity index (χ4v) is 7.74. The molecule has 1 heterocycles. The van der Waals surface area contributed by atoms with Gasteiger partial charge in [0.15, 0.2) is 0 Å². The summed E-state index contributed by atoms with van der Waals surface area (Å²) in [7, 11) is 0. The predicted octanol–water partition coefficient (Wildman–Crippen LogP) is 13.8. The van der Waals surface area contributed by atoms with Crippen LogP contribution in [0.25, 0.3) is 0 Å². The maximum atomic E-state index is 13.0. The number of hydrogen-bond donors (Lipinski definition) is 0. The lowest BCUT2D eigenvalue weighted by atomic mass is 9.83. The van der Waals surface area contributed by atoms with Gasteiger partial charge in [-0.2, -0.15) is 13.2 Å². The summed E-state index contributed by atoms with van der Waals surface area (Å²) in [5, 5.41) is 11.3. The minimum Gasteiger partial charge on any atom is -0.487 e. The van der Waals surface area contributed by atoms with Crippen LogP contribution in [0.4, 0.5) is 23.7 Å². The molecule has 0 aromatic heterocycles. The Hall–Kier alpha value is -4.52. The molecule has 0 saturated heterocycles. The second kappa shape index (κ2) is 20.6. The molecule has 0 N–H and O–H groups in total. The Morgan fingerprint density at radius 1 is 0.898 bits per heavy atom. The third kappa shape index (κ3) is 13.2. The summed E-state index contributed by atoms with van der Waals surface area (Å²) in [4.78, 5) is 36.6. The smallest absolute Gasteiger partial charge is 0.487 e. The molecule has 0 bridgehead atoms. The molecular weight excluding hydrogens is 791 g/mol. The quantitative estimate of drug-likeness (QED) is 0.0381. The van der Waals surface area contributed by atoms with Crippen molar-refractivity contribution < 1.29 is 51.4 Å². The van der Waals surface area contributed by atoms with Gasteiger partial charge >= 0.3 is 18.3 Å². The van der Waals surface area contributed by atoms with E-state index in [-0.39, 0.29) is 22.1 Å². The Kier molecular flexibility index (Phi) is 16.5. The second-order valence-electron chi connectivity index (χ2n) is 16.6. The lowest BCUT2D eigenvalue weighted by Crippen LogP contribution is -2.37. The summed E-state index contributed by atoms with van der Waals surface area (Å²) in [5.41, 5.74) is 0.654. The lowest BCUT2D eigenvalue weighted by Gasteiger charge is -2.38. The molecular formula is C45H57ClF3NO9. The van der Waals surface area contributed by atoms with Gasteiger partial charge in [0.1, 0.15) is 34.2 Å². The maximum Gasteiger partial charge on any atom is 0.516 e. The number of carbonyl (C=O) groups is 2. The SMILES string of the molecule is Cc1c(C)c2c(c(C)c1OC(=O)OCOC(=O)c1cc(Oc3ccc(C(F)(F)F)cc3Cl)ccc1[N+](=O)[O-])CCC(C)(CCCC(C)CCCC(C)CCCC(C)C)O2. The molecule has 0 fully saturated rings. The number of nitrogens with zero attached hydrogens (tertiary/aromatic N) is 1. The minimum absolute atomic E-state index is 0.157. The number of benzene rings is 3. The van der Waals surface area contributed by atoms with Gasteiger partial charge < -0.3 is 23.7 Å². The molecule has 0 aliphatic carbocycles. The largest absolute Gasteiger partial charge is 0.516 e. The van der Waals surface area contributed by atoms with Crippen LogP contribution in [0.3, 0.4) is 0 Å². The van der Waals surface area contributed by atoms with Gasteiger partial charge in [-0.15, -0.1) is 0 Å². The third-order valence-corrected chi connectivity index (χ3v) is 11.6. The summed E-state index contributed by atoms with van der Waals surface area (Å²) in [6.07, 6.45) is 6.69. The Bertz CT molecular complexity index is 1970. The highest BCUT2D eigenvalue weighted by atomic mass is 35.5. The molecule has 3 unspecified atom stereocenters. The van der Waals surface area contributed by atoms with Gasteiger partial charge in [0.05, 0.1) is 15.5 Å². The molecule has 3 aromatic carbocycles. The Balaban J connectivity index is 1.30. The monoisotopic (exact) mass is 847 g/mol. The first-order chi connectivity index (χ1) is 27.7. The van der Waals surface area contributed by atoms with Crippen LogP contribution in [0.15, 0.2) is 36.4 Å². The summed E-state index contributed by atoms with van der Waals surface area (Å²) in [6.45, 7) is 16.1. The fourth-order valence-electron chi connectivity index (χ4n) is 7.52. The van der Waals surface area contributed by atoms with E-state index in [1.165, 1.54) is 38.5 Å². The number of halogens is 4. The molecule has 1 aliphatic rings. The van der Waals surface area contributed by atoms with E-state index in [4.69, 9.17) is 35.3 Å². The lowest BCUT2D eigenvalue weighted by molar-refractivity contribution is -0.385. The van der Waals surface area contributed by atoms with Crippen LogP contribution in [-0.2, 0) is 22.1 Å². The number of ether oxygens (including phenoxy) is 5. The van der Waals surface area contributed by atoms with Crippen molar-refractivity contribution in [1.82, 2.24) is 0 Å². The van der Waals surface area contributed by atoms with Crippen molar-refractivity contribution in [2.24, 2.45) is 17.8 Å². The summed E-state index contributed by atoms with van der Waals surface area (Å²) < 4.78 is 67.0. The zero-order valence-corrected chi connectivity index (χ0v) is 36.1. The number of hydrogen-bond acceptors (Lipinski definition) is 9. The van der Waals surface area contributed by atoms with Crippen LogP contribution in [-0.4, -0.2) is 29.4 Å². The number of nitro benzene ring substituents is 1. The highest BCUT2D eigenvalue weighted by Gasteiger charge is 2.35. The highest BCUT2D eigenvalue weighted by Crippen LogP contribution is 2.45. The molecule has 324 valence electrons. The van der Waals surface area contributed by atoms with Crippen LogP contribution in [0.2, 0.25) is 5.02 Å². The Morgan fingerprint density at radius 2 is 1.54 bits per heavy atom. The van der Waals surface area contributed by atoms with E-state index in [0.29, 0.717) is 23.3 Å². The van der Waals surface area contributed by atoms with E-state index in [1.807, 2.05) is 20.8 Å². The molecule has 0 radical (unpaired) electrons. The number of fused-ring (bicyclic) bond motifs is 1. The van der Waals surface area contributed by atoms with Crippen LogP contribution < -0.4 is 14.2 Å². The number of carbonyl (C=O) groups excluding carboxylic acids is 2. The summed E-state index contributed by atoms with van der Waals surface area (Å²) in [6, 6.07) is 5.43. The molecule has 0 spiro atoms. The molecule has 1 aliphatic heterocycles. The van der Waals surface area contributed by atoms with Gasteiger partial charge in [-0.1, -0.05) is 84.2 Å². The van der Waals surface area contributed by atoms with E-state index in [2.05, 4.69) is 34.6 Å². The molecule has 14 heteroatoms. The second-order valence-corrected chi connectivity index (χ2v) is 17.1. The van der Waals surface area contributed by atoms with Gasteiger partial charge in [0.2, 0.25) is 6.79 Å². The molecule has 0 saturated carbocycles. The molecule has 10 nitrogen and oxygen atoms in total. The van der Waals surface area contributed by atoms with E-state index in [9.17, 15) is 32.9 Å². The molecule has 59 heavy (non-hydrogen) atoms. The fraction of sp³-hybridized carbons (Fsp3) is 0.556. The first-order valence-corrected chi connectivity index (χ1v) is 20.7. The van der Waals surface area contributed by atoms with Gasteiger partial charge in [-0.05, 0) is 112 Å². The standard InChI is InChI=1S/C45H57ClF3NO9/c1-27(2)12-9-13-28(3)14-10-15-29(4)16-11-22-44(8)23-21-35-32(7)40(30(5)31(6)41(35)59-44)58-43(52)56-26-55-42(51)36-25-34(18-19-38(36)50(53)54)57-39-20-17-33(24-37(39)46)45(47,48)49/h17-20,24-25,27-29H,9-16,21-23,26H2,1-8H3. The number of alkyl halides is 3. The zero-order chi connectivity index (χ0) is 43.7. The van der Waals surface area contributed by atoms with Gasteiger partial charge in [0, 0.05) is 17.7 Å². The van der Waals surface area contributed by atoms with Crippen molar-refractivity contribution in [3.05, 3.63) is 84.9 Å². The van der Waals surface area contributed by atoms with Crippen molar-refractivity contribution in [3.8, 4) is 23.0 Å². The predicted molar refractivity (Wildman–Crippen MR) is 220 cm³/mol. The Labute approximate surface area is 350 Å². The van der Waals surface area contributed by atoms with Crippen molar-refractivity contribution >= 4 is 29.4 Å². The molecule has 0 amide bonds.